The SMILES string of the molecule is c1cc2cc(-c3cncc(OC4CCC4)c3)cnc2o1. The number of aromatic nitrogens is 2. The minimum Gasteiger partial charge on any atom is -0.489 e. The van der Waals surface area contributed by atoms with Gasteiger partial charge in [0.1, 0.15) is 5.75 Å². The van der Waals surface area contributed by atoms with Crippen molar-refractivity contribution in [3.8, 4) is 16.9 Å². The fraction of sp³-hybridized carbons (Fsp3) is 0.250. The lowest BCUT2D eigenvalue weighted by atomic mass is 9.96. The minimum atomic E-state index is 0.363. The molecule has 20 heavy (non-hydrogen) atoms. The van der Waals surface area contributed by atoms with Gasteiger partial charge in [0.05, 0.1) is 18.6 Å². The lowest BCUT2D eigenvalue weighted by Crippen LogP contribution is -2.24. The first kappa shape index (κ1) is 11.5. The quantitative estimate of drug-likeness (QED) is 0.723. The van der Waals surface area contributed by atoms with Crippen molar-refractivity contribution >= 4 is 11.1 Å². The van der Waals surface area contributed by atoms with E-state index in [1.807, 2.05) is 18.3 Å². The van der Waals surface area contributed by atoms with Crippen LogP contribution in [-0.2, 0) is 0 Å². The summed E-state index contributed by atoms with van der Waals surface area (Å²) in [5.41, 5.74) is 2.69. The predicted octanol–water partition coefficient (Wildman–Crippen LogP) is 3.82. The molecule has 4 rings (SSSR count). The highest BCUT2D eigenvalue weighted by Crippen LogP contribution is 2.28. The number of ether oxygens (including phenoxy) is 1. The van der Waals surface area contributed by atoms with Crippen molar-refractivity contribution in [1.82, 2.24) is 9.97 Å². The van der Waals surface area contributed by atoms with Crippen molar-refractivity contribution in [2.45, 2.75) is 25.4 Å². The van der Waals surface area contributed by atoms with Gasteiger partial charge in [-0.15, -0.1) is 0 Å². The van der Waals surface area contributed by atoms with E-state index in [4.69, 9.17) is 9.15 Å². The van der Waals surface area contributed by atoms with Crippen LogP contribution in [0.3, 0.4) is 0 Å². The summed E-state index contributed by atoms with van der Waals surface area (Å²) in [6, 6.07) is 5.98. The Balaban J connectivity index is 1.67. The van der Waals surface area contributed by atoms with Crippen molar-refractivity contribution in [2.24, 2.45) is 0 Å². The Morgan fingerprint density at radius 3 is 2.85 bits per heavy atom. The molecule has 1 aliphatic rings. The molecule has 0 unspecified atom stereocenters. The molecular formula is C16H14N2O2. The fourth-order valence-electron chi connectivity index (χ4n) is 2.34. The first-order chi connectivity index (χ1) is 9.88. The van der Waals surface area contributed by atoms with Gasteiger partial charge in [-0.05, 0) is 37.5 Å². The number of rotatable bonds is 3. The zero-order valence-electron chi connectivity index (χ0n) is 11.0. The lowest BCUT2D eigenvalue weighted by molar-refractivity contribution is 0.120. The van der Waals surface area contributed by atoms with Crippen molar-refractivity contribution in [1.29, 1.82) is 0 Å². The van der Waals surface area contributed by atoms with E-state index in [1.54, 1.807) is 18.7 Å². The lowest BCUT2D eigenvalue weighted by Gasteiger charge is -2.26. The Hall–Kier alpha value is -2.36. The maximum absolute atomic E-state index is 5.88. The maximum Gasteiger partial charge on any atom is 0.225 e. The van der Waals surface area contributed by atoms with Crippen LogP contribution in [0.15, 0.2) is 47.5 Å². The smallest absolute Gasteiger partial charge is 0.225 e. The predicted molar refractivity (Wildman–Crippen MR) is 75.5 cm³/mol. The highest BCUT2D eigenvalue weighted by molar-refractivity contribution is 5.79. The third kappa shape index (κ3) is 2.03. The number of hydrogen-bond donors (Lipinski definition) is 0. The van der Waals surface area contributed by atoms with E-state index in [0.717, 1.165) is 35.1 Å². The fourth-order valence-corrected chi connectivity index (χ4v) is 2.34. The molecule has 1 fully saturated rings. The molecule has 1 saturated carbocycles. The van der Waals surface area contributed by atoms with Gasteiger partial charge in [0.15, 0.2) is 0 Å². The topological polar surface area (TPSA) is 48.2 Å². The number of furan rings is 1. The summed E-state index contributed by atoms with van der Waals surface area (Å²) in [4.78, 5) is 8.56. The number of hydrogen-bond acceptors (Lipinski definition) is 4. The summed E-state index contributed by atoms with van der Waals surface area (Å²) < 4.78 is 11.1. The second-order valence-electron chi connectivity index (χ2n) is 5.12. The molecule has 0 aromatic carbocycles. The largest absolute Gasteiger partial charge is 0.489 e. The summed E-state index contributed by atoms with van der Waals surface area (Å²) in [5.74, 6) is 0.833. The Morgan fingerprint density at radius 1 is 1.10 bits per heavy atom. The first-order valence-electron chi connectivity index (χ1n) is 6.84. The van der Waals surface area contributed by atoms with Crippen LogP contribution >= 0.6 is 0 Å². The van der Waals surface area contributed by atoms with Gasteiger partial charge in [0, 0.05) is 28.9 Å². The second-order valence-corrected chi connectivity index (χ2v) is 5.12. The minimum absolute atomic E-state index is 0.363. The summed E-state index contributed by atoms with van der Waals surface area (Å²) >= 11 is 0. The van der Waals surface area contributed by atoms with Crippen LogP contribution in [-0.4, -0.2) is 16.1 Å². The van der Waals surface area contributed by atoms with Crippen LogP contribution in [0, 0.1) is 0 Å². The average molecular weight is 266 g/mol. The van der Waals surface area contributed by atoms with Gasteiger partial charge in [-0.1, -0.05) is 0 Å². The summed E-state index contributed by atoms with van der Waals surface area (Å²) in [5, 5.41) is 0.993. The van der Waals surface area contributed by atoms with Gasteiger partial charge < -0.3 is 9.15 Å². The Labute approximate surface area is 116 Å². The highest BCUT2D eigenvalue weighted by atomic mass is 16.5. The standard InChI is InChI=1S/C16H14N2O2/c1-2-14(3-1)20-15-7-13(8-17-10-15)12-6-11-4-5-19-16(11)18-9-12/h4-10,14H,1-3H2. The average Bonchev–Trinajstić information content (AvgIpc) is 2.90. The number of pyridine rings is 2. The highest BCUT2D eigenvalue weighted by Gasteiger charge is 2.19. The van der Waals surface area contributed by atoms with Crippen LogP contribution in [0.4, 0.5) is 0 Å². The first-order valence-corrected chi connectivity index (χ1v) is 6.84. The molecule has 0 spiro atoms. The Kier molecular flexibility index (Phi) is 2.66. The molecular weight excluding hydrogens is 252 g/mol. The Morgan fingerprint density at radius 2 is 2.00 bits per heavy atom. The van der Waals surface area contributed by atoms with Crippen LogP contribution in [0.5, 0.6) is 5.75 Å². The molecule has 0 saturated heterocycles. The molecule has 4 heteroatoms. The van der Waals surface area contributed by atoms with E-state index < -0.39 is 0 Å². The third-order valence-corrected chi connectivity index (χ3v) is 3.71. The molecule has 3 heterocycles. The molecule has 0 radical (unpaired) electrons. The molecule has 4 nitrogen and oxygen atoms in total. The normalized spacial score (nSPS) is 15.2. The van der Waals surface area contributed by atoms with Crippen LogP contribution < -0.4 is 4.74 Å². The molecule has 3 aromatic heterocycles. The molecule has 100 valence electrons. The van der Waals surface area contributed by atoms with Crippen molar-refractivity contribution in [2.75, 3.05) is 0 Å². The van der Waals surface area contributed by atoms with E-state index in [1.165, 1.54) is 6.42 Å². The van der Waals surface area contributed by atoms with Gasteiger partial charge in [-0.25, -0.2) is 4.98 Å². The maximum atomic E-state index is 5.88. The zero-order valence-corrected chi connectivity index (χ0v) is 11.0. The van der Waals surface area contributed by atoms with E-state index in [9.17, 15) is 0 Å². The van der Waals surface area contributed by atoms with E-state index >= 15 is 0 Å². The molecule has 0 atom stereocenters. The van der Waals surface area contributed by atoms with E-state index in [2.05, 4.69) is 16.0 Å². The third-order valence-electron chi connectivity index (χ3n) is 3.71. The molecule has 0 bridgehead atoms. The molecule has 0 N–H and O–H groups in total. The second kappa shape index (κ2) is 4.63. The monoisotopic (exact) mass is 266 g/mol. The van der Waals surface area contributed by atoms with Crippen molar-refractivity contribution in [3.63, 3.8) is 0 Å². The molecule has 0 amide bonds. The van der Waals surface area contributed by atoms with Crippen LogP contribution in [0.25, 0.3) is 22.2 Å². The van der Waals surface area contributed by atoms with Gasteiger partial charge in [0.25, 0.3) is 0 Å². The molecule has 0 aliphatic heterocycles. The summed E-state index contributed by atoms with van der Waals surface area (Å²) in [7, 11) is 0. The molecule has 3 aromatic rings. The van der Waals surface area contributed by atoms with Gasteiger partial charge in [-0.3, -0.25) is 4.98 Å². The van der Waals surface area contributed by atoms with Crippen molar-refractivity contribution < 1.29 is 9.15 Å². The number of nitrogens with zero attached hydrogens (tertiary/aromatic N) is 2. The van der Waals surface area contributed by atoms with Crippen molar-refractivity contribution in [3.05, 3.63) is 43.1 Å². The van der Waals surface area contributed by atoms with Gasteiger partial charge in [0.2, 0.25) is 5.71 Å². The molecule has 1 aliphatic carbocycles. The van der Waals surface area contributed by atoms with Gasteiger partial charge >= 0.3 is 0 Å². The Bertz CT molecular complexity index is 747. The number of fused-ring (bicyclic) bond motifs is 1. The zero-order chi connectivity index (χ0) is 13.4. The summed E-state index contributed by atoms with van der Waals surface area (Å²) in [6.45, 7) is 0. The van der Waals surface area contributed by atoms with Crippen LogP contribution in [0.2, 0.25) is 0 Å². The van der Waals surface area contributed by atoms with E-state index in [-0.39, 0.29) is 0 Å². The van der Waals surface area contributed by atoms with E-state index in [0.29, 0.717) is 11.8 Å². The summed E-state index contributed by atoms with van der Waals surface area (Å²) in [6.07, 6.45) is 11.0. The van der Waals surface area contributed by atoms with Gasteiger partial charge in [-0.2, -0.15) is 0 Å². The van der Waals surface area contributed by atoms with Crippen LogP contribution in [0.1, 0.15) is 19.3 Å².